The number of aromatic nitrogens is 4. The van der Waals surface area contributed by atoms with Crippen LogP contribution in [0.15, 0.2) is 199 Å². The van der Waals surface area contributed by atoms with Crippen molar-refractivity contribution in [3.05, 3.63) is 194 Å². The molecule has 61 heavy (non-hydrogen) atoms. The first kappa shape index (κ1) is 34.0. The van der Waals surface area contributed by atoms with Gasteiger partial charge in [-0.2, -0.15) is 9.97 Å². The number of hydrogen-bond acceptors (Lipinski definition) is 5. The van der Waals surface area contributed by atoms with Crippen LogP contribution in [0.3, 0.4) is 0 Å². The molecular weight excluding hydrogens is 765 g/mol. The highest BCUT2D eigenvalue weighted by atomic mass is 32.1. The van der Waals surface area contributed by atoms with E-state index < -0.39 is 0 Å². The van der Waals surface area contributed by atoms with Crippen LogP contribution in [0.1, 0.15) is 0 Å². The maximum absolute atomic E-state index is 6.52. The van der Waals surface area contributed by atoms with E-state index in [9.17, 15) is 0 Å². The Hall–Kier alpha value is -7.93. The van der Waals surface area contributed by atoms with Crippen LogP contribution in [-0.4, -0.2) is 19.5 Å². The van der Waals surface area contributed by atoms with Crippen LogP contribution in [0.4, 0.5) is 0 Å². The van der Waals surface area contributed by atoms with Crippen molar-refractivity contribution >= 4 is 86.0 Å². The number of thiophene rings is 1. The molecule has 0 N–H and O–H groups in total. The van der Waals surface area contributed by atoms with Crippen LogP contribution in [0.5, 0.6) is 0 Å². The van der Waals surface area contributed by atoms with Crippen molar-refractivity contribution in [1.82, 2.24) is 19.5 Å². The number of fused-ring (bicyclic) bond motifs is 10. The van der Waals surface area contributed by atoms with Crippen LogP contribution >= 0.6 is 11.3 Å². The fourth-order valence-corrected chi connectivity index (χ4v) is 10.2. The van der Waals surface area contributed by atoms with Gasteiger partial charge in [0.2, 0.25) is 5.95 Å². The molecule has 9 aromatic carbocycles. The van der Waals surface area contributed by atoms with Gasteiger partial charge in [-0.15, -0.1) is 11.3 Å². The zero-order chi connectivity index (χ0) is 40.0. The Morgan fingerprint density at radius 3 is 1.84 bits per heavy atom. The Bertz CT molecular complexity index is 3880. The average molecular weight is 797 g/mol. The highest BCUT2D eigenvalue weighted by Crippen LogP contribution is 2.42. The van der Waals surface area contributed by atoms with Gasteiger partial charge < -0.3 is 4.42 Å². The lowest BCUT2D eigenvalue weighted by atomic mass is 9.95. The molecule has 0 aliphatic carbocycles. The minimum atomic E-state index is 0.571. The Morgan fingerprint density at radius 1 is 0.377 bits per heavy atom. The van der Waals surface area contributed by atoms with Crippen molar-refractivity contribution < 1.29 is 4.42 Å². The van der Waals surface area contributed by atoms with Gasteiger partial charge in [0.15, 0.2) is 11.6 Å². The summed E-state index contributed by atoms with van der Waals surface area (Å²) in [6, 6.07) is 68.6. The molecule has 4 aromatic heterocycles. The fourth-order valence-electron chi connectivity index (χ4n) is 9.11. The van der Waals surface area contributed by atoms with Crippen LogP contribution in [0.2, 0.25) is 0 Å². The third kappa shape index (κ3) is 5.43. The average Bonchev–Trinajstić information content (AvgIpc) is 3.99. The summed E-state index contributed by atoms with van der Waals surface area (Å²) in [6.45, 7) is 0. The van der Waals surface area contributed by atoms with Crippen molar-refractivity contribution in [3.8, 4) is 51.0 Å². The molecule has 5 nitrogen and oxygen atoms in total. The van der Waals surface area contributed by atoms with E-state index in [2.05, 4.69) is 168 Å². The highest BCUT2D eigenvalue weighted by molar-refractivity contribution is 7.25. The van der Waals surface area contributed by atoms with E-state index in [-0.39, 0.29) is 0 Å². The predicted octanol–water partition coefficient (Wildman–Crippen LogP) is 15.1. The van der Waals surface area contributed by atoms with E-state index in [1.54, 1.807) is 0 Å². The second-order valence-electron chi connectivity index (χ2n) is 15.6. The van der Waals surface area contributed by atoms with Crippen molar-refractivity contribution in [2.24, 2.45) is 0 Å². The Morgan fingerprint density at radius 2 is 1.00 bits per heavy atom. The molecule has 13 rings (SSSR count). The second kappa shape index (κ2) is 13.3. The van der Waals surface area contributed by atoms with E-state index in [1.807, 2.05) is 41.7 Å². The first-order valence-electron chi connectivity index (χ1n) is 20.4. The van der Waals surface area contributed by atoms with Crippen LogP contribution in [0.25, 0.3) is 126 Å². The van der Waals surface area contributed by atoms with Crippen molar-refractivity contribution in [1.29, 1.82) is 0 Å². The predicted molar refractivity (Wildman–Crippen MR) is 254 cm³/mol. The van der Waals surface area contributed by atoms with Gasteiger partial charge in [0.05, 0.1) is 11.0 Å². The summed E-state index contributed by atoms with van der Waals surface area (Å²) in [5, 5.41) is 9.37. The Balaban J connectivity index is 1.02. The van der Waals surface area contributed by atoms with Gasteiger partial charge in [-0.25, -0.2) is 4.98 Å². The van der Waals surface area contributed by atoms with Crippen molar-refractivity contribution in [2.45, 2.75) is 0 Å². The van der Waals surface area contributed by atoms with Gasteiger partial charge in [0, 0.05) is 58.4 Å². The van der Waals surface area contributed by atoms with E-state index in [0.29, 0.717) is 17.6 Å². The molecule has 13 aromatic rings. The lowest BCUT2D eigenvalue weighted by molar-refractivity contribution is 0.670. The fraction of sp³-hybridized carbons (Fsp3) is 0. The quantitative estimate of drug-likeness (QED) is 0.174. The number of rotatable bonds is 5. The zero-order valence-corrected chi connectivity index (χ0v) is 33.4. The van der Waals surface area contributed by atoms with Gasteiger partial charge >= 0.3 is 0 Å². The zero-order valence-electron chi connectivity index (χ0n) is 32.6. The van der Waals surface area contributed by atoms with E-state index in [1.165, 1.54) is 30.9 Å². The molecular formula is C55H32N4OS. The standard InChI is InChI=1S/C55H32N4OS/c1-3-13-33(14-4-1)42-30-39(31-46-41-20-10-12-22-49(41)60-52(42)46)37-23-25-48-43(27-37)40-19-9-11-21-47(40)59(48)55-57-53(34-15-5-2-6-16-34)56-54(58-55)38-24-26-50-44(29-38)45-28-35-17-7-8-18-36(35)32-51(45)61-50/h1-32H. The molecule has 0 saturated carbocycles. The number of nitrogens with zero attached hydrogens (tertiary/aromatic N) is 4. The minimum Gasteiger partial charge on any atom is -0.455 e. The molecule has 0 radical (unpaired) electrons. The lowest BCUT2D eigenvalue weighted by Crippen LogP contribution is -2.06. The van der Waals surface area contributed by atoms with Crippen molar-refractivity contribution in [3.63, 3.8) is 0 Å². The highest BCUT2D eigenvalue weighted by Gasteiger charge is 2.21. The van der Waals surface area contributed by atoms with Gasteiger partial charge in [-0.1, -0.05) is 127 Å². The molecule has 4 heterocycles. The summed E-state index contributed by atoms with van der Waals surface area (Å²) in [4.78, 5) is 15.7. The summed E-state index contributed by atoms with van der Waals surface area (Å²) in [7, 11) is 0. The molecule has 0 amide bonds. The molecule has 6 heteroatoms. The normalized spacial score (nSPS) is 11.9. The van der Waals surface area contributed by atoms with E-state index in [4.69, 9.17) is 19.4 Å². The molecule has 0 unspecified atom stereocenters. The summed E-state index contributed by atoms with van der Waals surface area (Å²) in [5.41, 5.74) is 10.1. The van der Waals surface area contributed by atoms with Crippen LogP contribution in [-0.2, 0) is 0 Å². The maximum Gasteiger partial charge on any atom is 0.238 e. The largest absolute Gasteiger partial charge is 0.455 e. The number of benzene rings is 9. The third-order valence-corrected chi connectivity index (χ3v) is 13.2. The summed E-state index contributed by atoms with van der Waals surface area (Å²) in [5.74, 6) is 1.82. The summed E-state index contributed by atoms with van der Waals surface area (Å²) < 4.78 is 11.2. The summed E-state index contributed by atoms with van der Waals surface area (Å²) >= 11 is 1.82. The summed E-state index contributed by atoms with van der Waals surface area (Å²) in [6.07, 6.45) is 0. The van der Waals surface area contributed by atoms with Crippen LogP contribution in [0, 0.1) is 0 Å². The smallest absolute Gasteiger partial charge is 0.238 e. The molecule has 0 aliphatic rings. The van der Waals surface area contributed by atoms with Gasteiger partial charge in [0.25, 0.3) is 0 Å². The van der Waals surface area contributed by atoms with E-state index >= 15 is 0 Å². The first-order chi connectivity index (χ1) is 30.2. The molecule has 0 atom stereocenters. The molecule has 0 spiro atoms. The lowest BCUT2D eigenvalue weighted by Gasteiger charge is -2.11. The third-order valence-electron chi connectivity index (χ3n) is 12.0. The first-order valence-corrected chi connectivity index (χ1v) is 21.2. The molecule has 0 saturated heterocycles. The van der Waals surface area contributed by atoms with E-state index in [0.717, 1.165) is 77.1 Å². The SMILES string of the molecule is c1ccc(-c2nc(-c3ccc4sc5cc6ccccc6cc5c4c3)nc(-n3c4ccccc4c4cc(-c5cc(-c6ccccc6)c6oc7ccccc7c6c5)ccc43)n2)cc1. The molecule has 0 bridgehead atoms. The Labute approximate surface area is 353 Å². The topological polar surface area (TPSA) is 56.7 Å². The number of furan rings is 1. The number of hydrogen-bond donors (Lipinski definition) is 0. The van der Waals surface area contributed by atoms with Crippen molar-refractivity contribution in [2.75, 3.05) is 0 Å². The van der Waals surface area contributed by atoms with Crippen LogP contribution < -0.4 is 0 Å². The van der Waals surface area contributed by atoms with Gasteiger partial charge in [-0.3, -0.25) is 4.57 Å². The molecule has 0 fully saturated rings. The van der Waals surface area contributed by atoms with Gasteiger partial charge in [-0.05, 0) is 94.2 Å². The second-order valence-corrected chi connectivity index (χ2v) is 16.7. The minimum absolute atomic E-state index is 0.571. The molecule has 0 aliphatic heterocycles. The van der Waals surface area contributed by atoms with Gasteiger partial charge in [0.1, 0.15) is 11.2 Å². The molecule has 284 valence electrons. The maximum atomic E-state index is 6.52. The Kier molecular flexibility index (Phi) is 7.41. The monoisotopic (exact) mass is 796 g/mol. The number of para-hydroxylation sites is 2.